The second-order valence-corrected chi connectivity index (χ2v) is 6.07. The van der Waals surface area contributed by atoms with E-state index in [1.54, 1.807) is 12.3 Å². The van der Waals surface area contributed by atoms with Gasteiger partial charge in [-0.2, -0.15) is 0 Å². The second-order valence-electron chi connectivity index (χ2n) is 5.15. The van der Waals surface area contributed by atoms with E-state index < -0.39 is 0 Å². The molecule has 118 valence electrons. The summed E-state index contributed by atoms with van der Waals surface area (Å²) in [6.07, 6.45) is 1.75. The lowest BCUT2D eigenvalue weighted by atomic mass is 10.1. The Balaban J connectivity index is 1.84. The zero-order valence-corrected chi connectivity index (χ0v) is 14.4. The number of amides is 1. The Labute approximate surface area is 149 Å². The van der Waals surface area contributed by atoms with Gasteiger partial charge in [0.1, 0.15) is 0 Å². The van der Waals surface area contributed by atoms with Crippen LogP contribution in [0.3, 0.4) is 0 Å². The molecule has 4 heteroatoms. The molecule has 1 N–H and O–H groups in total. The van der Waals surface area contributed by atoms with Crippen molar-refractivity contribution in [2.24, 2.45) is 4.99 Å². The molecule has 3 aromatic rings. The van der Waals surface area contributed by atoms with E-state index >= 15 is 0 Å². The maximum Gasteiger partial charge on any atom is 0.257 e. The Kier molecular flexibility index (Phi) is 5.18. The van der Waals surface area contributed by atoms with Crippen molar-refractivity contribution in [2.75, 3.05) is 5.32 Å². The van der Waals surface area contributed by atoms with Gasteiger partial charge in [0.15, 0.2) is 0 Å². The number of halogens is 1. The molecular formula is C20H15BrN2O. The van der Waals surface area contributed by atoms with Gasteiger partial charge in [0.2, 0.25) is 0 Å². The van der Waals surface area contributed by atoms with E-state index in [1.807, 2.05) is 72.8 Å². The number of carbonyl (C=O) groups is 1. The highest BCUT2D eigenvalue weighted by atomic mass is 79.9. The first-order chi connectivity index (χ1) is 11.7. The number of hydrogen-bond acceptors (Lipinski definition) is 2. The van der Waals surface area contributed by atoms with Crippen LogP contribution in [0.15, 0.2) is 88.3 Å². The van der Waals surface area contributed by atoms with Crippen molar-refractivity contribution in [2.45, 2.75) is 0 Å². The molecule has 0 aromatic heterocycles. The second kappa shape index (κ2) is 7.70. The van der Waals surface area contributed by atoms with E-state index in [4.69, 9.17) is 0 Å². The third-order valence-electron chi connectivity index (χ3n) is 3.38. The molecule has 24 heavy (non-hydrogen) atoms. The van der Waals surface area contributed by atoms with E-state index in [0.29, 0.717) is 11.3 Å². The highest BCUT2D eigenvalue weighted by Gasteiger charge is 2.10. The zero-order valence-electron chi connectivity index (χ0n) is 12.8. The van der Waals surface area contributed by atoms with Gasteiger partial charge in [-0.25, -0.2) is 0 Å². The van der Waals surface area contributed by atoms with E-state index in [1.165, 1.54) is 0 Å². The van der Waals surface area contributed by atoms with Gasteiger partial charge < -0.3 is 5.32 Å². The summed E-state index contributed by atoms with van der Waals surface area (Å²) in [4.78, 5) is 17.0. The van der Waals surface area contributed by atoms with Gasteiger partial charge in [-0.15, -0.1) is 0 Å². The summed E-state index contributed by atoms with van der Waals surface area (Å²) in [5, 5.41) is 2.89. The first-order valence-corrected chi connectivity index (χ1v) is 8.27. The summed E-state index contributed by atoms with van der Waals surface area (Å²) in [6, 6.07) is 24.5. The van der Waals surface area contributed by atoms with Crippen LogP contribution in [0.25, 0.3) is 0 Å². The number of nitrogens with zero attached hydrogens (tertiary/aromatic N) is 1. The smallest absolute Gasteiger partial charge is 0.257 e. The summed E-state index contributed by atoms with van der Waals surface area (Å²) < 4.78 is 0.988. The van der Waals surface area contributed by atoms with Crippen LogP contribution in [0.5, 0.6) is 0 Å². The van der Waals surface area contributed by atoms with Crippen molar-refractivity contribution >= 4 is 39.4 Å². The fourth-order valence-corrected chi connectivity index (χ4v) is 2.65. The summed E-state index contributed by atoms with van der Waals surface area (Å²) in [6.45, 7) is 0. The average molecular weight is 379 g/mol. The van der Waals surface area contributed by atoms with Crippen LogP contribution in [0.1, 0.15) is 15.9 Å². The highest BCUT2D eigenvalue weighted by molar-refractivity contribution is 9.10. The molecule has 0 aliphatic rings. The predicted octanol–water partition coefficient (Wildman–Crippen LogP) is 5.45. The molecule has 0 spiro atoms. The summed E-state index contributed by atoms with van der Waals surface area (Å²) in [7, 11) is 0. The number of anilines is 1. The number of hydrogen-bond donors (Lipinski definition) is 1. The van der Waals surface area contributed by atoms with Gasteiger partial charge in [-0.05, 0) is 42.0 Å². The van der Waals surface area contributed by atoms with E-state index in [2.05, 4.69) is 26.2 Å². The topological polar surface area (TPSA) is 41.5 Å². The number of aliphatic imine (C=N–C) groups is 1. The lowest BCUT2D eigenvalue weighted by Gasteiger charge is -2.07. The van der Waals surface area contributed by atoms with Gasteiger partial charge in [-0.1, -0.05) is 58.4 Å². The molecule has 1 amide bonds. The molecule has 0 bridgehead atoms. The number of para-hydroxylation sites is 2. The van der Waals surface area contributed by atoms with Gasteiger partial charge in [0.05, 0.1) is 11.3 Å². The van der Waals surface area contributed by atoms with Crippen LogP contribution in [0.4, 0.5) is 11.4 Å². The maximum absolute atomic E-state index is 12.5. The van der Waals surface area contributed by atoms with Crippen molar-refractivity contribution in [1.82, 2.24) is 0 Å². The van der Waals surface area contributed by atoms with Gasteiger partial charge in [-0.3, -0.25) is 9.79 Å². The molecule has 0 aliphatic heterocycles. The minimum atomic E-state index is -0.178. The quantitative estimate of drug-likeness (QED) is 0.602. The Morgan fingerprint density at radius 1 is 0.917 bits per heavy atom. The molecule has 3 rings (SSSR count). The highest BCUT2D eigenvalue weighted by Crippen LogP contribution is 2.20. The molecule has 0 heterocycles. The lowest BCUT2D eigenvalue weighted by Crippen LogP contribution is -2.11. The van der Waals surface area contributed by atoms with Crippen molar-refractivity contribution in [1.29, 1.82) is 0 Å². The fourth-order valence-electron chi connectivity index (χ4n) is 2.23. The van der Waals surface area contributed by atoms with Crippen LogP contribution in [0.2, 0.25) is 0 Å². The predicted molar refractivity (Wildman–Crippen MR) is 102 cm³/mol. The maximum atomic E-state index is 12.5. The zero-order chi connectivity index (χ0) is 16.8. The summed E-state index contributed by atoms with van der Waals surface area (Å²) in [5.74, 6) is -0.178. The standard InChI is InChI=1S/C20H15BrN2O/c21-16-8-6-7-15(13-16)14-22-19-12-5-4-11-18(19)20(24)23-17-9-2-1-3-10-17/h1-14H,(H,23,24)/b22-14+. The Bertz CT molecular complexity index is 876. The molecule has 0 atom stereocenters. The molecule has 0 unspecified atom stereocenters. The number of carbonyl (C=O) groups excluding carboxylic acids is 1. The summed E-state index contributed by atoms with van der Waals surface area (Å²) >= 11 is 3.44. The molecule has 0 saturated heterocycles. The normalized spacial score (nSPS) is 10.7. The average Bonchev–Trinajstić information content (AvgIpc) is 2.61. The van der Waals surface area contributed by atoms with Gasteiger partial charge in [0, 0.05) is 16.4 Å². The number of rotatable bonds is 4. The molecular weight excluding hydrogens is 364 g/mol. The van der Waals surface area contributed by atoms with Crippen molar-refractivity contribution in [3.05, 3.63) is 94.5 Å². The first kappa shape index (κ1) is 16.1. The Morgan fingerprint density at radius 3 is 2.46 bits per heavy atom. The molecule has 0 saturated carbocycles. The Hall–Kier alpha value is -2.72. The lowest BCUT2D eigenvalue weighted by molar-refractivity contribution is 0.102. The summed E-state index contributed by atoms with van der Waals surface area (Å²) in [5.41, 5.74) is 2.88. The van der Waals surface area contributed by atoms with Crippen LogP contribution in [0, 0.1) is 0 Å². The number of benzene rings is 3. The minimum absolute atomic E-state index is 0.178. The largest absolute Gasteiger partial charge is 0.322 e. The van der Waals surface area contributed by atoms with E-state index in [0.717, 1.165) is 15.7 Å². The van der Waals surface area contributed by atoms with Crippen LogP contribution in [-0.2, 0) is 0 Å². The van der Waals surface area contributed by atoms with Crippen molar-refractivity contribution < 1.29 is 4.79 Å². The van der Waals surface area contributed by atoms with Crippen LogP contribution < -0.4 is 5.32 Å². The molecule has 0 radical (unpaired) electrons. The molecule has 3 aromatic carbocycles. The van der Waals surface area contributed by atoms with Crippen molar-refractivity contribution in [3.8, 4) is 0 Å². The van der Waals surface area contributed by atoms with Crippen molar-refractivity contribution in [3.63, 3.8) is 0 Å². The molecule has 0 fully saturated rings. The SMILES string of the molecule is O=C(Nc1ccccc1)c1ccccc1/N=C/c1cccc(Br)c1. The fraction of sp³-hybridized carbons (Fsp3) is 0. The van der Waals surface area contributed by atoms with Gasteiger partial charge >= 0.3 is 0 Å². The van der Waals surface area contributed by atoms with Crippen LogP contribution in [-0.4, -0.2) is 12.1 Å². The molecule has 0 aliphatic carbocycles. The minimum Gasteiger partial charge on any atom is -0.322 e. The van der Waals surface area contributed by atoms with Crippen LogP contribution >= 0.6 is 15.9 Å². The molecule has 3 nitrogen and oxygen atoms in total. The number of nitrogens with one attached hydrogen (secondary N) is 1. The van der Waals surface area contributed by atoms with E-state index in [-0.39, 0.29) is 5.91 Å². The monoisotopic (exact) mass is 378 g/mol. The Morgan fingerprint density at radius 2 is 1.67 bits per heavy atom. The van der Waals surface area contributed by atoms with E-state index in [9.17, 15) is 4.79 Å². The third-order valence-corrected chi connectivity index (χ3v) is 3.87. The third kappa shape index (κ3) is 4.18. The first-order valence-electron chi connectivity index (χ1n) is 7.47. The van der Waals surface area contributed by atoms with Gasteiger partial charge in [0.25, 0.3) is 5.91 Å².